The van der Waals surface area contributed by atoms with Gasteiger partial charge in [0.15, 0.2) is 0 Å². The van der Waals surface area contributed by atoms with Gasteiger partial charge in [-0.2, -0.15) is 0 Å². The van der Waals surface area contributed by atoms with Crippen molar-refractivity contribution in [3.8, 4) is 0 Å². The number of carbonyl (C=O) groups excluding carboxylic acids is 2. The molecule has 2 aromatic heterocycles. The Labute approximate surface area is 148 Å². The summed E-state index contributed by atoms with van der Waals surface area (Å²) in [6, 6.07) is 6.88. The van der Waals surface area contributed by atoms with Crippen molar-refractivity contribution in [3.05, 3.63) is 59.2 Å². The van der Waals surface area contributed by atoms with Gasteiger partial charge in [-0.15, -0.1) is 0 Å². The molecule has 2 heterocycles. The van der Waals surface area contributed by atoms with Gasteiger partial charge in [0.25, 0.3) is 11.8 Å². The minimum Gasteiger partial charge on any atom is -0.350 e. The summed E-state index contributed by atoms with van der Waals surface area (Å²) < 4.78 is 0. The van der Waals surface area contributed by atoms with E-state index in [1.807, 2.05) is 27.7 Å². The largest absolute Gasteiger partial charge is 0.350 e. The maximum absolute atomic E-state index is 12.3. The summed E-state index contributed by atoms with van der Waals surface area (Å²) in [6.07, 6.45) is 3.10. The van der Waals surface area contributed by atoms with Crippen LogP contribution in [-0.2, 0) is 0 Å². The molecule has 2 aromatic rings. The summed E-state index contributed by atoms with van der Waals surface area (Å²) in [7, 11) is 0. The predicted octanol–water partition coefficient (Wildman–Crippen LogP) is 2.28. The number of rotatable bonds is 6. The first-order chi connectivity index (χ1) is 11.9. The van der Waals surface area contributed by atoms with Gasteiger partial charge >= 0.3 is 0 Å². The van der Waals surface area contributed by atoms with E-state index in [0.717, 1.165) is 11.4 Å². The highest BCUT2D eigenvalue weighted by atomic mass is 16.2. The van der Waals surface area contributed by atoms with Crippen molar-refractivity contribution in [2.45, 2.75) is 33.7 Å². The van der Waals surface area contributed by atoms with Crippen LogP contribution in [0.5, 0.6) is 0 Å². The Morgan fingerprint density at radius 3 is 1.88 bits per heavy atom. The van der Waals surface area contributed by atoms with Gasteiger partial charge in [0.05, 0.1) is 11.1 Å². The molecule has 25 heavy (non-hydrogen) atoms. The van der Waals surface area contributed by atoms with E-state index >= 15 is 0 Å². The van der Waals surface area contributed by atoms with Crippen LogP contribution in [-0.4, -0.2) is 34.4 Å². The molecule has 0 aliphatic carbocycles. The Kier molecular flexibility index (Phi) is 6.22. The molecule has 132 valence electrons. The summed E-state index contributed by atoms with van der Waals surface area (Å²) in [6.45, 7) is 8.07. The van der Waals surface area contributed by atoms with E-state index in [1.54, 1.807) is 36.7 Å². The monoisotopic (exact) mass is 340 g/mol. The Bertz CT molecular complexity index is 724. The minimum absolute atomic E-state index is 0.166. The second-order valence-electron chi connectivity index (χ2n) is 6.41. The molecule has 0 fully saturated rings. The summed E-state index contributed by atoms with van der Waals surface area (Å²) in [5, 5.41) is 5.82. The number of carbonyl (C=O) groups is 2. The SMILES string of the molecule is Cc1ccc(C(=O)NCC(NC(=O)c2ccc(C)nc2)C(C)C)cn1. The van der Waals surface area contributed by atoms with E-state index in [2.05, 4.69) is 20.6 Å². The highest BCUT2D eigenvalue weighted by Gasteiger charge is 2.18. The number of aromatic nitrogens is 2. The van der Waals surface area contributed by atoms with Crippen molar-refractivity contribution >= 4 is 11.8 Å². The van der Waals surface area contributed by atoms with Crippen LogP contribution in [0.1, 0.15) is 46.0 Å². The van der Waals surface area contributed by atoms with Crippen molar-refractivity contribution in [2.24, 2.45) is 5.92 Å². The molecule has 2 N–H and O–H groups in total. The van der Waals surface area contributed by atoms with Crippen molar-refractivity contribution in [1.82, 2.24) is 20.6 Å². The lowest BCUT2D eigenvalue weighted by Gasteiger charge is -2.23. The first-order valence-corrected chi connectivity index (χ1v) is 8.31. The lowest BCUT2D eigenvalue weighted by molar-refractivity contribution is 0.0896. The number of aryl methyl sites for hydroxylation is 2. The van der Waals surface area contributed by atoms with Crippen LogP contribution in [0.2, 0.25) is 0 Å². The fourth-order valence-corrected chi connectivity index (χ4v) is 2.21. The van der Waals surface area contributed by atoms with Crippen molar-refractivity contribution < 1.29 is 9.59 Å². The van der Waals surface area contributed by atoms with E-state index in [9.17, 15) is 9.59 Å². The molecule has 0 bridgehead atoms. The van der Waals surface area contributed by atoms with Gasteiger partial charge in [0.1, 0.15) is 0 Å². The summed E-state index contributed by atoms with van der Waals surface area (Å²) in [5.74, 6) is -0.236. The number of nitrogens with one attached hydrogen (secondary N) is 2. The lowest BCUT2D eigenvalue weighted by Crippen LogP contribution is -2.46. The molecule has 0 aliphatic rings. The molecule has 1 unspecified atom stereocenters. The fourth-order valence-electron chi connectivity index (χ4n) is 2.21. The molecular formula is C19H24N4O2. The Hall–Kier alpha value is -2.76. The predicted molar refractivity (Wildman–Crippen MR) is 96.4 cm³/mol. The Morgan fingerprint density at radius 2 is 1.44 bits per heavy atom. The quantitative estimate of drug-likeness (QED) is 0.845. The molecule has 0 radical (unpaired) electrons. The number of hydrogen-bond acceptors (Lipinski definition) is 4. The summed E-state index contributed by atoms with van der Waals surface area (Å²) in [4.78, 5) is 32.8. The highest BCUT2D eigenvalue weighted by molar-refractivity contribution is 5.95. The van der Waals surface area contributed by atoms with Crippen LogP contribution in [0.25, 0.3) is 0 Å². The van der Waals surface area contributed by atoms with E-state index in [-0.39, 0.29) is 23.8 Å². The zero-order valence-corrected chi connectivity index (χ0v) is 15.0. The van der Waals surface area contributed by atoms with E-state index in [4.69, 9.17) is 0 Å². The smallest absolute Gasteiger partial charge is 0.253 e. The molecule has 6 heteroatoms. The van der Waals surface area contributed by atoms with Gasteiger partial charge in [-0.1, -0.05) is 13.8 Å². The zero-order valence-electron chi connectivity index (χ0n) is 15.0. The third kappa shape index (κ3) is 5.38. The van der Waals surface area contributed by atoms with Crippen molar-refractivity contribution in [1.29, 1.82) is 0 Å². The van der Waals surface area contributed by atoms with Crippen LogP contribution in [0.4, 0.5) is 0 Å². The lowest BCUT2D eigenvalue weighted by atomic mass is 10.0. The summed E-state index contributed by atoms with van der Waals surface area (Å²) >= 11 is 0. The number of amides is 2. The van der Waals surface area contributed by atoms with E-state index in [1.165, 1.54) is 0 Å². The molecule has 2 amide bonds. The first-order valence-electron chi connectivity index (χ1n) is 8.31. The molecule has 6 nitrogen and oxygen atoms in total. The van der Waals surface area contributed by atoms with E-state index < -0.39 is 0 Å². The first kappa shape index (κ1) is 18.6. The van der Waals surface area contributed by atoms with Crippen LogP contribution in [0, 0.1) is 19.8 Å². The van der Waals surface area contributed by atoms with Gasteiger partial charge in [-0.3, -0.25) is 19.6 Å². The number of nitrogens with zero attached hydrogens (tertiary/aromatic N) is 2. The van der Waals surface area contributed by atoms with Gasteiger partial charge in [0, 0.05) is 36.4 Å². The Morgan fingerprint density at radius 1 is 0.920 bits per heavy atom. The average molecular weight is 340 g/mol. The molecule has 0 aromatic carbocycles. The standard InChI is InChI=1S/C19H24N4O2/c1-12(2)17(23-19(25)16-8-6-14(4)21-10-16)11-22-18(24)15-7-5-13(3)20-9-15/h5-10,12,17H,11H2,1-4H3,(H,22,24)(H,23,25). The second kappa shape index (κ2) is 8.37. The molecular weight excluding hydrogens is 316 g/mol. The molecule has 0 aliphatic heterocycles. The highest BCUT2D eigenvalue weighted by Crippen LogP contribution is 2.05. The van der Waals surface area contributed by atoms with Crippen molar-refractivity contribution in [3.63, 3.8) is 0 Å². The van der Waals surface area contributed by atoms with Crippen LogP contribution >= 0.6 is 0 Å². The fraction of sp³-hybridized carbons (Fsp3) is 0.368. The third-order valence-corrected chi connectivity index (χ3v) is 3.95. The van der Waals surface area contributed by atoms with Crippen LogP contribution in [0.15, 0.2) is 36.7 Å². The maximum Gasteiger partial charge on any atom is 0.253 e. The normalized spacial score (nSPS) is 11.9. The number of pyridine rings is 2. The number of hydrogen-bond donors (Lipinski definition) is 2. The molecule has 0 saturated heterocycles. The van der Waals surface area contributed by atoms with Gasteiger partial charge in [0.2, 0.25) is 0 Å². The van der Waals surface area contributed by atoms with Gasteiger partial charge in [-0.05, 0) is 44.0 Å². The van der Waals surface area contributed by atoms with Crippen molar-refractivity contribution in [2.75, 3.05) is 6.54 Å². The molecule has 2 rings (SSSR count). The zero-order chi connectivity index (χ0) is 18.4. The van der Waals surface area contributed by atoms with Crippen LogP contribution < -0.4 is 10.6 Å². The van der Waals surface area contributed by atoms with Gasteiger partial charge in [-0.25, -0.2) is 0 Å². The van der Waals surface area contributed by atoms with Gasteiger partial charge < -0.3 is 10.6 Å². The maximum atomic E-state index is 12.3. The molecule has 1 atom stereocenters. The summed E-state index contributed by atoms with van der Waals surface area (Å²) in [5.41, 5.74) is 2.72. The average Bonchev–Trinajstić information content (AvgIpc) is 2.59. The minimum atomic E-state index is -0.204. The Balaban J connectivity index is 1.96. The third-order valence-electron chi connectivity index (χ3n) is 3.95. The van der Waals surface area contributed by atoms with E-state index in [0.29, 0.717) is 17.7 Å². The molecule has 0 spiro atoms. The topological polar surface area (TPSA) is 84.0 Å². The van der Waals surface area contributed by atoms with Crippen LogP contribution in [0.3, 0.4) is 0 Å². The molecule has 0 saturated carbocycles. The second-order valence-corrected chi connectivity index (χ2v) is 6.41.